The maximum Gasteiger partial charge on any atom is 0.243 e. The van der Waals surface area contributed by atoms with Gasteiger partial charge >= 0.3 is 0 Å². The average molecular weight is 409 g/mol. The van der Waals surface area contributed by atoms with Crippen molar-refractivity contribution in [2.75, 3.05) is 26.2 Å². The van der Waals surface area contributed by atoms with Gasteiger partial charge < -0.3 is 0 Å². The first kappa shape index (κ1) is 20.1. The molecule has 4 nitrogen and oxygen atoms in total. The van der Waals surface area contributed by atoms with E-state index in [-0.39, 0.29) is 0 Å². The second-order valence-corrected chi connectivity index (χ2v) is 9.98. The minimum absolute atomic E-state index is 0.393. The van der Waals surface area contributed by atoms with E-state index in [1.165, 1.54) is 16.3 Å². The third-order valence-electron chi connectivity index (χ3n) is 5.79. The zero-order chi connectivity index (χ0) is 20.4. The molecule has 0 aromatic heterocycles. The summed E-state index contributed by atoms with van der Waals surface area (Å²) in [5.74, 6) is 0.393. The van der Waals surface area contributed by atoms with Gasteiger partial charge in [0.25, 0.3) is 0 Å². The monoisotopic (exact) mass is 408 g/mol. The van der Waals surface area contributed by atoms with Crippen LogP contribution in [-0.4, -0.2) is 43.8 Å². The molecule has 29 heavy (non-hydrogen) atoms. The molecule has 0 amide bonds. The SMILES string of the molecule is CC(C)c1ccc(S(=O)(=O)N2CCN(Cc3cccc4ccccc34)CC2)cc1. The van der Waals surface area contributed by atoms with Crippen molar-refractivity contribution >= 4 is 20.8 Å². The zero-order valence-corrected chi connectivity index (χ0v) is 17.9. The summed E-state index contributed by atoms with van der Waals surface area (Å²) in [4.78, 5) is 2.74. The van der Waals surface area contributed by atoms with Crippen LogP contribution in [0.3, 0.4) is 0 Å². The van der Waals surface area contributed by atoms with E-state index in [9.17, 15) is 8.42 Å². The Morgan fingerprint density at radius 3 is 2.17 bits per heavy atom. The van der Waals surface area contributed by atoms with Gasteiger partial charge in [-0.05, 0) is 39.9 Å². The Bertz CT molecular complexity index is 1080. The van der Waals surface area contributed by atoms with Crippen molar-refractivity contribution in [3.63, 3.8) is 0 Å². The van der Waals surface area contributed by atoms with Crippen LogP contribution in [-0.2, 0) is 16.6 Å². The molecule has 1 aliphatic rings. The van der Waals surface area contributed by atoms with Crippen molar-refractivity contribution in [3.8, 4) is 0 Å². The first-order valence-corrected chi connectivity index (χ1v) is 11.7. The highest BCUT2D eigenvalue weighted by Gasteiger charge is 2.28. The number of hydrogen-bond donors (Lipinski definition) is 0. The van der Waals surface area contributed by atoms with Gasteiger partial charge in [-0.3, -0.25) is 4.90 Å². The molecule has 1 saturated heterocycles. The number of rotatable bonds is 5. The highest BCUT2D eigenvalue weighted by atomic mass is 32.2. The van der Waals surface area contributed by atoms with Crippen molar-refractivity contribution in [3.05, 3.63) is 77.9 Å². The maximum atomic E-state index is 13.0. The van der Waals surface area contributed by atoms with Crippen molar-refractivity contribution in [1.29, 1.82) is 0 Å². The predicted molar refractivity (Wildman–Crippen MR) is 119 cm³/mol. The van der Waals surface area contributed by atoms with Crippen LogP contribution in [0, 0.1) is 0 Å². The van der Waals surface area contributed by atoms with Crippen LogP contribution in [0.25, 0.3) is 10.8 Å². The smallest absolute Gasteiger partial charge is 0.243 e. The molecule has 1 aliphatic heterocycles. The van der Waals surface area contributed by atoms with Gasteiger partial charge in [0.05, 0.1) is 4.90 Å². The summed E-state index contributed by atoms with van der Waals surface area (Å²) in [7, 11) is -3.43. The van der Waals surface area contributed by atoms with Gasteiger partial charge in [0.2, 0.25) is 10.0 Å². The molecule has 1 fully saturated rings. The van der Waals surface area contributed by atoms with E-state index in [4.69, 9.17) is 0 Å². The largest absolute Gasteiger partial charge is 0.296 e. The van der Waals surface area contributed by atoms with Crippen molar-refractivity contribution in [2.24, 2.45) is 0 Å². The summed E-state index contributed by atoms with van der Waals surface area (Å²) in [5.41, 5.74) is 2.45. The Balaban J connectivity index is 1.43. The molecule has 0 unspecified atom stereocenters. The lowest BCUT2D eigenvalue weighted by Crippen LogP contribution is -2.48. The highest BCUT2D eigenvalue weighted by Crippen LogP contribution is 2.23. The number of fused-ring (bicyclic) bond motifs is 1. The molecule has 0 bridgehead atoms. The van der Waals surface area contributed by atoms with Crippen LogP contribution in [0.4, 0.5) is 0 Å². The molecule has 152 valence electrons. The lowest BCUT2D eigenvalue weighted by atomic mass is 10.0. The quantitative estimate of drug-likeness (QED) is 0.625. The van der Waals surface area contributed by atoms with E-state index in [0.29, 0.717) is 23.9 Å². The molecule has 5 heteroatoms. The number of benzene rings is 3. The third-order valence-corrected chi connectivity index (χ3v) is 7.70. The van der Waals surface area contributed by atoms with Gasteiger partial charge in [-0.15, -0.1) is 0 Å². The lowest BCUT2D eigenvalue weighted by molar-refractivity contribution is 0.182. The van der Waals surface area contributed by atoms with Gasteiger partial charge in [0.1, 0.15) is 0 Å². The summed E-state index contributed by atoms with van der Waals surface area (Å²) in [6.07, 6.45) is 0. The second kappa shape index (κ2) is 8.27. The molecule has 0 radical (unpaired) electrons. The topological polar surface area (TPSA) is 40.6 Å². The van der Waals surface area contributed by atoms with E-state index in [1.54, 1.807) is 16.4 Å². The van der Waals surface area contributed by atoms with Gasteiger partial charge in [0, 0.05) is 32.7 Å². The minimum atomic E-state index is -3.43. The first-order chi connectivity index (χ1) is 13.9. The van der Waals surface area contributed by atoms with E-state index < -0.39 is 10.0 Å². The lowest BCUT2D eigenvalue weighted by Gasteiger charge is -2.34. The number of hydrogen-bond acceptors (Lipinski definition) is 3. The minimum Gasteiger partial charge on any atom is -0.296 e. The van der Waals surface area contributed by atoms with E-state index in [1.807, 2.05) is 12.1 Å². The molecular formula is C24H28N2O2S. The molecule has 0 spiro atoms. The molecule has 0 saturated carbocycles. The van der Waals surface area contributed by atoms with Gasteiger partial charge in [0.15, 0.2) is 0 Å². The molecule has 1 heterocycles. The summed E-state index contributed by atoms with van der Waals surface area (Å²) in [6.45, 7) is 7.60. The zero-order valence-electron chi connectivity index (χ0n) is 17.1. The summed E-state index contributed by atoms with van der Waals surface area (Å²) in [5, 5.41) is 2.52. The molecule has 0 atom stereocenters. The van der Waals surface area contributed by atoms with Crippen LogP contribution >= 0.6 is 0 Å². The van der Waals surface area contributed by atoms with E-state index in [2.05, 4.69) is 61.2 Å². The van der Waals surface area contributed by atoms with Crippen LogP contribution < -0.4 is 0 Å². The van der Waals surface area contributed by atoms with E-state index >= 15 is 0 Å². The Hall–Kier alpha value is -2.21. The molecular weight excluding hydrogens is 380 g/mol. The van der Waals surface area contributed by atoms with Crippen LogP contribution in [0.5, 0.6) is 0 Å². The fourth-order valence-corrected chi connectivity index (χ4v) is 5.40. The Morgan fingerprint density at radius 2 is 1.48 bits per heavy atom. The average Bonchev–Trinajstić information content (AvgIpc) is 2.74. The second-order valence-electron chi connectivity index (χ2n) is 8.04. The standard InChI is InChI=1S/C24H28N2O2S/c1-19(2)20-10-12-23(13-11-20)29(27,28)26-16-14-25(15-17-26)18-22-8-5-7-21-6-3-4-9-24(21)22/h3-13,19H,14-18H2,1-2H3. The molecule has 3 aromatic carbocycles. The first-order valence-electron chi connectivity index (χ1n) is 10.2. The van der Waals surface area contributed by atoms with Crippen LogP contribution in [0.2, 0.25) is 0 Å². The predicted octanol–water partition coefficient (Wildman–Crippen LogP) is 4.47. The Labute approximate surface area is 173 Å². The number of sulfonamides is 1. The number of piperazine rings is 1. The summed E-state index contributed by atoms with van der Waals surface area (Å²) < 4.78 is 27.7. The van der Waals surface area contributed by atoms with Crippen LogP contribution in [0.1, 0.15) is 30.9 Å². The Morgan fingerprint density at radius 1 is 0.828 bits per heavy atom. The Kier molecular flexibility index (Phi) is 5.72. The molecule has 3 aromatic rings. The van der Waals surface area contributed by atoms with Crippen molar-refractivity contribution in [1.82, 2.24) is 9.21 Å². The third kappa shape index (κ3) is 4.22. The van der Waals surface area contributed by atoms with Gasteiger partial charge in [-0.1, -0.05) is 68.4 Å². The fraction of sp³-hybridized carbons (Fsp3) is 0.333. The van der Waals surface area contributed by atoms with Crippen LogP contribution in [0.15, 0.2) is 71.6 Å². The molecule has 0 aliphatic carbocycles. The van der Waals surface area contributed by atoms with Crippen molar-refractivity contribution < 1.29 is 8.42 Å². The normalized spacial score (nSPS) is 16.5. The summed E-state index contributed by atoms with van der Waals surface area (Å²) in [6, 6.07) is 22.2. The fourth-order valence-electron chi connectivity index (χ4n) is 3.97. The molecule has 0 N–H and O–H groups in total. The maximum absolute atomic E-state index is 13.0. The highest BCUT2D eigenvalue weighted by molar-refractivity contribution is 7.89. The summed E-state index contributed by atoms with van der Waals surface area (Å²) >= 11 is 0. The van der Waals surface area contributed by atoms with E-state index in [0.717, 1.165) is 25.2 Å². The van der Waals surface area contributed by atoms with Gasteiger partial charge in [-0.25, -0.2) is 8.42 Å². The van der Waals surface area contributed by atoms with Crippen molar-refractivity contribution in [2.45, 2.75) is 31.2 Å². The van der Waals surface area contributed by atoms with Gasteiger partial charge in [-0.2, -0.15) is 4.31 Å². The number of nitrogens with zero attached hydrogens (tertiary/aromatic N) is 2. The molecule has 4 rings (SSSR count).